The van der Waals surface area contributed by atoms with Gasteiger partial charge < -0.3 is 14.4 Å². The Hall–Kier alpha value is -1.80. The lowest BCUT2D eigenvalue weighted by atomic mass is 10.2. The van der Waals surface area contributed by atoms with Crippen LogP contribution in [-0.2, 0) is 4.79 Å². The third-order valence-corrected chi connectivity index (χ3v) is 5.25. The fourth-order valence-electron chi connectivity index (χ4n) is 2.13. The lowest BCUT2D eigenvalue weighted by molar-refractivity contribution is -0.128. The number of hydrogen-bond acceptors (Lipinski definition) is 7. The number of benzene rings is 1. The zero-order chi connectivity index (χ0) is 16.2. The maximum absolute atomic E-state index is 12.2. The second kappa shape index (κ2) is 7.18. The molecule has 0 bridgehead atoms. The van der Waals surface area contributed by atoms with Gasteiger partial charge in [0, 0.05) is 7.05 Å². The highest BCUT2D eigenvalue weighted by Gasteiger charge is 2.23. The van der Waals surface area contributed by atoms with E-state index >= 15 is 0 Å². The highest BCUT2D eigenvalue weighted by Crippen LogP contribution is 2.31. The van der Waals surface area contributed by atoms with E-state index in [1.807, 2.05) is 31.2 Å². The second-order valence-electron chi connectivity index (χ2n) is 5.15. The molecule has 0 radical (unpaired) electrons. The number of para-hydroxylation sites is 2. The lowest BCUT2D eigenvalue weighted by Crippen LogP contribution is -2.42. The molecular formula is C15H17N3O3S2. The molecule has 0 N–H and O–H groups in total. The molecule has 0 fully saturated rings. The smallest absolute Gasteiger partial charge is 0.232 e. The van der Waals surface area contributed by atoms with Gasteiger partial charge in [-0.05, 0) is 19.1 Å². The molecule has 1 aliphatic rings. The van der Waals surface area contributed by atoms with Crippen LogP contribution in [0.5, 0.6) is 11.5 Å². The quantitative estimate of drug-likeness (QED) is 0.770. The lowest BCUT2D eigenvalue weighted by Gasteiger charge is -2.29. The van der Waals surface area contributed by atoms with E-state index in [4.69, 9.17) is 9.47 Å². The van der Waals surface area contributed by atoms with Crippen molar-refractivity contribution in [3.63, 3.8) is 0 Å². The Labute approximate surface area is 142 Å². The Morgan fingerprint density at radius 2 is 2.17 bits per heavy atom. The summed E-state index contributed by atoms with van der Waals surface area (Å²) in [4.78, 5) is 13.9. The molecule has 1 atom stereocenters. The standard InChI is InChI=1S/C15H17N3O3S2/c1-10-16-17-15(23-10)22-9-14(19)18(2)7-11-8-20-12-5-3-4-6-13(12)21-11/h3-6,11H,7-9H2,1-2H3. The Morgan fingerprint density at radius 3 is 2.91 bits per heavy atom. The van der Waals surface area contributed by atoms with E-state index in [9.17, 15) is 4.79 Å². The number of carbonyl (C=O) groups excluding carboxylic acids is 1. The minimum absolute atomic E-state index is 0.0327. The maximum atomic E-state index is 12.2. The first-order valence-corrected chi connectivity index (χ1v) is 8.97. The van der Waals surface area contributed by atoms with Crippen molar-refractivity contribution in [3.8, 4) is 11.5 Å². The van der Waals surface area contributed by atoms with Crippen molar-refractivity contribution in [2.75, 3.05) is 26.0 Å². The number of aryl methyl sites for hydroxylation is 1. The van der Waals surface area contributed by atoms with Crippen LogP contribution in [0, 0.1) is 6.92 Å². The minimum Gasteiger partial charge on any atom is -0.486 e. The largest absolute Gasteiger partial charge is 0.486 e. The predicted molar refractivity (Wildman–Crippen MR) is 89.4 cm³/mol. The maximum Gasteiger partial charge on any atom is 0.232 e. The van der Waals surface area contributed by atoms with Crippen molar-refractivity contribution in [2.45, 2.75) is 17.4 Å². The Balaban J connectivity index is 1.49. The van der Waals surface area contributed by atoms with Crippen LogP contribution in [0.4, 0.5) is 0 Å². The Morgan fingerprint density at radius 1 is 1.39 bits per heavy atom. The van der Waals surface area contributed by atoms with Crippen LogP contribution in [0.15, 0.2) is 28.6 Å². The van der Waals surface area contributed by atoms with Crippen LogP contribution in [0.2, 0.25) is 0 Å². The van der Waals surface area contributed by atoms with Crippen LogP contribution in [0.3, 0.4) is 0 Å². The van der Waals surface area contributed by atoms with Gasteiger partial charge in [0.1, 0.15) is 11.6 Å². The number of aromatic nitrogens is 2. The predicted octanol–water partition coefficient (Wildman–Crippen LogP) is 2.24. The molecule has 0 saturated carbocycles. The molecule has 23 heavy (non-hydrogen) atoms. The molecule has 2 heterocycles. The molecule has 1 aromatic carbocycles. The fourth-order valence-corrected chi connectivity index (χ4v) is 3.89. The number of thioether (sulfide) groups is 1. The summed E-state index contributed by atoms with van der Waals surface area (Å²) in [7, 11) is 1.78. The Kier molecular flexibility index (Phi) is 5.02. The summed E-state index contributed by atoms with van der Waals surface area (Å²) in [6.45, 7) is 2.83. The highest BCUT2D eigenvalue weighted by molar-refractivity contribution is 8.01. The first-order valence-electron chi connectivity index (χ1n) is 7.17. The van der Waals surface area contributed by atoms with Gasteiger partial charge in [-0.1, -0.05) is 35.2 Å². The molecule has 1 aliphatic heterocycles. The number of likely N-dealkylation sites (N-methyl/N-ethyl adjacent to an activating group) is 1. The number of hydrogen-bond donors (Lipinski definition) is 0. The van der Waals surface area contributed by atoms with Gasteiger partial charge in [-0.3, -0.25) is 4.79 Å². The number of carbonyl (C=O) groups is 1. The van der Waals surface area contributed by atoms with Crippen molar-refractivity contribution in [1.29, 1.82) is 0 Å². The van der Waals surface area contributed by atoms with Crippen LogP contribution in [0.1, 0.15) is 5.01 Å². The minimum atomic E-state index is -0.160. The topological polar surface area (TPSA) is 64.6 Å². The van der Waals surface area contributed by atoms with Crippen molar-refractivity contribution in [1.82, 2.24) is 15.1 Å². The van der Waals surface area contributed by atoms with E-state index in [1.165, 1.54) is 23.1 Å². The summed E-state index contributed by atoms with van der Waals surface area (Å²) in [5.74, 6) is 1.85. The van der Waals surface area contributed by atoms with Crippen molar-refractivity contribution >= 4 is 29.0 Å². The van der Waals surface area contributed by atoms with E-state index < -0.39 is 0 Å². The van der Waals surface area contributed by atoms with Crippen molar-refractivity contribution in [2.24, 2.45) is 0 Å². The van der Waals surface area contributed by atoms with Crippen molar-refractivity contribution in [3.05, 3.63) is 29.3 Å². The normalized spacial score (nSPS) is 16.2. The second-order valence-corrected chi connectivity index (χ2v) is 7.55. The van der Waals surface area contributed by atoms with E-state index in [0.29, 0.717) is 18.9 Å². The van der Waals surface area contributed by atoms with Gasteiger partial charge in [-0.25, -0.2) is 0 Å². The average Bonchev–Trinajstić information content (AvgIpc) is 2.98. The first kappa shape index (κ1) is 16.1. The zero-order valence-electron chi connectivity index (χ0n) is 12.9. The van der Waals surface area contributed by atoms with E-state index in [-0.39, 0.29) is 12.0 Å². The molecule has 0 saturated heterocycles. The summed E-state index contributed by atoms with van der Waals surface area (Å²) in [6, 6.07) is 7.56. The first-order chi connectivity index (χ1) is 11.1. The van der Waals surface area contributed by atoms with Gasteiger partial charge in [0.2, 0.25) is 5.91 Å². The molecule has 1 aromatic heterocycles. The monoisotopic (exact) mass is 351 g/mol. The third kappa shape index (κ3) is 4.14. The van der Waals surface area contributed by atoms with Crippen LogP contribution in [-0.4, -0.2) is 53.1 Å². The molecule has 2 aromatic rings. The average molecular weight is 351 g/mol. The van der Waals surface area contributed by atoms with E-state index in [2.05, 4.69) is 10.2 Å². The van der Waals surface area contributed by atoms with Crippen molar-refractivity contribution < 1.29 is 14.3 Å². The van der Waals surface area contributed by atoms with Gasteiger partial charge >= 0.3 is 0 Å². The molecular weight excluding hydrogens is 334 g/mol. The van der Waals surface area contributed by atoms with Gasteiger partial charge in [0.15, 0.2) is 21.9 Å². The van der Waals surface area contributed by atoms with Crippen LogP contribution < -0.4 is 9.47 Å². The summed E-state index contributed by atoms with van der Waals surface area (Å²) in [5.41, 5.74) is 0. The number of rotatable bonds is 5. The number of fused-ring (bicyclic) bond motifs is 1. The molecule has 3 rings (SSSR count). The van der Waals surface area contributed by atoms with Crippen LogP contribution >= 0.6 is 23.1 Å². The number of nitrogens with zero attached hydrogens (tertiary/aromatic N) is 3. The van der Waals surface area contributed by atoms with Gasteiger partial charge in [0.25, 0.3) is 0 Å². The summed E-state index contributed by atoms with van der Waals surface area (Å²) < 4.78 is 12.4. The molecule has 8 heteroatoms. The fraction of sp³-hybridized carbons (Fsp3) is 0.400. The van der Waals surface area contributed by atoms with E-state index in [0.717, 1.165) is 20.8 Å². The van der Waals surface area contributed by atoms with Gasteiger partial charge in [-0.15, -0.1) is 10.2 Å². The molecule has 6 nitrogen and oxygen atoms in total. The molecule has 122 valence electrons. The van der Waals surface area contributed by atoms with Crippen LogP contribution in [0.25, 0.3) is 0 Å². The molecule has 0 aliphatic carbocycles. The third-order valence-electron chi connectivity index (χ3n) is 3.30. The Bertz CT molecular complexity index is 692. The zero-order valence-corrected chi connectivity index (χ0v) is 14.5. The summed E-state index contributed by atoms with van der Waals surface area (Å²) in [6.07, 6.45) is -0.160. The van der Waals surface area contributed by atoms with E-state index in [1.54, 1.807) is 11.9 Å². The van der Waals surface area contributed by atoms with Gasteiger partial charge in [0.05, 0.1) is 12.3 Å². The molecule has 1 amide bonds. The SMILES string of the molecule is Cc1nnc(SCC(=O)N(C)CC2COc3ccccc3O2)s1. The summed E-state index contributed by atoms with van der Waals surface area (Å²) in [5, 5.41) is 8.85. The number of ether oxygens (including phenoxy) is 2. The molecule has 0 spiro atoms. The molecule has 1 unspecified atom stereocenters. The highest BCUT2D eigenvalue weighted by atomic mass is 32.2. The number of amides is 1. The summed E-state index contributed by atoms with van der Waals surface area (Å²) >= 11 is 2.90. The van der Waals surface area contributed by atoms with Gasteiger partial charge in [-0.2, -0.15) is 0 Å².